The largest absolute Gasteiger partial charge is 0.335 e. The predicted molar refractivity (Wildman–Crippen MR) is 138 cm³/mol. The van der Waals surface area contributed by atoms with Crippen molar-refractivity contribution < 1.29 is 4.79 Å². The number of halogens is 1. The van der Waals surface area contributed by atoms with Gasteiger partial charge in [0.2, 0.25) is 0 Å². The van der Waals surface area contributed by atoms with Gasteiger partial charge in [-0.05, 0) is 50.5 Å². The maximum atomic E-state index is 13.7. The molecule has 34 heavy (non-hydrogen) atoms. The number of hydrogen-bond acceptors (Lipinski definition) is 3. The number of nitrogens with zero attached hydrogens (tertiary/aromatic N) is 3. The minimum Gasteiger partial charge on any atom is -0.335 e. The van der Waals surface area contributed by atoms with E-state index in [1.54, 1.807) is 16.7 Å². The number of aromatic nitrogens is 2. The first-order valence-electron chi connectivity index (χ1n) is 12.3. The van der Waals surface area contributed by atoms with Crippen LogP contribution in [0.15, 0.2) is 53.3 Å². The van der Waals surface area contributed by atoms with Crippen molar-refractivity contribution in [2.45, 2.75) is 70.9 Å². The first-order valence-corrected chi connectivity index (χ1v) is 12.7. The maximum Gasteiger partial charge on any atom is 0.318 e. The van der Waals surface area contributed by atoms with Crippen LogP contribution in [0.2, 0.25) is 5.02 Å². The third-order valence-electron chi connectivity index (χ3n) is 6.68. The van der Waals surface area contributed by atoms with Crippen LogP contribution in [0.5, 0.6) is 0 Å². The average Bonchev–Trinajstić information content (AvgIpc) is 2.85. The van der Waals surface area contributed by atoms with E-state index in [9.17, 15) is 9.59 Å². The lowest BCUT2D eigenvalue weighted by Gasteiger charge is -2.33. The van der Waals surface area contributed by atoms with E-state index in [0.717, 1.165) is 38.5 Å². The SMILES string of the molecule is CCCCN(C(=O)NC1CCCCC1)C(C)c1nc2ccccc2c(=O)n1-c1ccccc1Cl. The number of hydrogen-bond donors (Lipinski definition) is 1. The van der Waals surface area contributed by atoms with Crippen LogP contribution < -0.4 is 10.9 Å². The molecule has 1 aliphatic rings. The predicted octanol–water partition coefficient (Wildman–Crippen LogP) is 6.24. The Kier molecular flexibility index (Phi) is 7.88. The van der Waals surface area contributed by atoms with Crippen LogP contribution in [-0.4, -0.2) is 33.1 Å². The van der Waals surface area contributed by atoms with Gasteiger partial charge in [-0.15, -0.1) is 0 Å². The molecule has 2 aromatic carbocycles. The van der Waals surface area contributed by atoms with Gasteiger partial charge < -0.3 is 10.2 Å². The molecule has 1 atom stereocenters. The van der Waals surface area contributed by atoms with Crippen molar-refractivity contribution in [3.8, 4) is 5.69 Å². The summed E-state index contributed by atoms with van der Waals surface area (Å²) in [4.78, 5) is 33.9. The highest BCUT2D eigenvalue weighted by molar-refractivity contribution is 6.32. The minimum absolute atomic E-state index is 0.0963. The van der Waals surface area contributed by atoms with Gasteiger partial charge in [0.15, 0.2) is 0 Å². The molecule has 1 fully saturated rings. The van der Waals surface area contributed by atoms with Gasteiger partial charge in [-0.3, -0.25) is 9.36 Å². The number of amides is 2. The van der Waals surface area contributed by atoms with Gasteiger partial charge in [-0.2, -0.15) is 0 Å². The van der Waals surface area contributed by atoms with Gasteiger partial charge in [-0.1, -0.05) is 68.5 Å². The van der Waals surface area contributed by atoms with E-state index in [0.29, 0.717) is 34.0 Å². The summed E-state index contributed by atoms with van der Waals surface area (Å²) in [5.41, 5.74) is 0.988. The second-order valence-electron chi connectivity index (χ2n) is 9.09. The molecule has 0 saturated heterocycles. The van der Waals surface area contributed by atoms with Crippen LogP contribution in [0.4, 0.5) is 4.79 Å². The first kappa shape index (κ1) is 24.3. The van der Waals surface area contributed by atoms with E-state index in [1.165, 1.54) is 6.42 Å². The van der Waals surface area contributed by atoms with Crippen molar-refractivity contribution in [3.63, 3.8) is 0 Å². The summed E-state index contributed by atoms with van der Waals surface area (Å²) in [5, 5.41) is 4.23. The smallest absolute Gasteiger partial charge is 0.318 e. The molecule has 4 rings (SSSR count). The van der Waals surface area contributed by atoms with Crippen molar-refractivity contribution in [1.82, 2.24) is 19.8 Å². The Labute approximate surface area is 205 Å². The van der Waals surface area contributed by atoms with Gasteiger partial charge in [0.1, 0.15) is 5.82 Å². The zero-order valence-electron chi connectivity index (χ0n) is 20.0. The molecular weight excluding hydrogens is 448 g/mol. The third-order valence-corrected chi connectivity index (χ3v) is 7.00. The van der Waals surface area contributed by atoms with E-state index in [2.05, 4.69) is 12.2 Å². The Morgan fingerprint density at radius 3 is 2.59 bits per heavy atom. The number of unbranched alkanes of at least 4 members (excludes halogenated alkanes) is 1. The van der Waals surface area contributed by atoms with Crippen LogP contribution in [-0.2, 0) is 0 Å². The van der Waals surface area contributed by atoms with Crippen molar-refractivity contribution in [2.24, 2.45) is 0 Å². The number of nitrogens with one attached hydrogen (secondary N) is 1. The molecule has 1 saturated carbocycles. The topological polar surface area (TPSA) is 67.2 Å². The van der Waals surface area contributed by atoms with Gasteiger partial charge in [0, 0.05) is 12.6 Å². The third kappa shape index (κ3) is 5.12. The lowest BCUT2D eigenvalue weighted by atomic mass is 9.96. The van der Waals surface area contributed by atoms with Crippen LogP contribution in [0.1, 0.15) is 70.7 Å². The average molecular weight is 481 g/mol. The summed E-state index contributed by atoms with van der Waals surface area (Å²) in [7, 11) is 0. The van der Waals surface area contributed by atoms with Crippen molar-refractivity contribution in [1.29, 1.82) is 0 Å². The summed E-state index contributed by atoms with van der Waals surface area (Å²) in [5.74, 6) is 0.506. The number of urea groups is 1. The molecule has 0 aliphatic heterocycles. The number of para-hydroxylation sites is 2. The van der Waals surface area contributed by atoms with Crippen LogP contribution in [0.3, 0.4) is 0 Å². The second kappa shape index (κ2) is 11.0. The second-order valence-corrected chi connectivity index (χ2v) is 9.49. The van der Waals surface area contributed by atoms with Gasteiger partial charge in [-0.25, -0.2) is 9.78 Å². The molecule has 0 spiro atoms. The molecular formula is C27H33ClN4O2. The molecule has 3 aromatic rings. The Bertz CT molecular complexity index is 1200. The summed E-state index contributed by atoms with van der Waals surface area (Å²) < 4.78 is 1.57. The van der Waals surface area contributed by atoms with E-state index >= 15 is 0 Å². The van der Waals surface area contributed by atoms with Crippen LogP contribution >= 0.6 is 11.6 Å². The number of benzene rings is 2. The van der Waals surface area contributed by atoms with Crippen molar-refractivity contribution >= 4 is 28.5 Å². The van der Waals surface area contributed by atoms with E-state index < -0.39 is 6.04 Å². The fraction of sp³-hybridized carbons (Fsp3) is 0.444. The monoisotopic (exact) mass is 480 g/mol. The quantitative estimate of drug-likeness (QED) is 0.435. The zero-order valence-corrected chi connectivity index (χ0v) is 20.7. The van der Waals surface area contributed by atoms with Crippen LogP contribution in [0.25, 0.3) is 16.6 Å². The standard InChI is InChI=1S/C27H33ClN4O2/c1-3-4-18-31(27(34)29-20-12-6-5-7-13-20)19(2)25-30-23-16-10-8-14-21(23)26(33)32(25)24-17-11-9-15-22(24)28/h8-11,14-17,19-20H,3-7,12-13,18H2,1-2H3,(H,29,34). The fourth-order valence-corrected chi connectivity index (χ4v) is 4.96. The molecule has 0 radical (unpaired) electrons. The number of carbonyl (C=O) groups is 1. The lowest BCUT2D eigenvalue weighted by molar-refractivity contribution is 0.167. The molecule has 2 amide bonds. The molecule has 1 aliphatic carbocycles. The van der Waals surface area contributed by atoms with Crippen molar-refractivity contribution in [3.05, 3.63) is 69.7 Å². The Hall–Kier alpha value is -2.86. The lowest BCUT2D eigenvalue weighted by Crippen LogP contribution is -2.47. The van der Waals surface area contributed by atoms with E-state index in [1.807, 2.05) is 48.2 Å². The molecule has 0 bridgehead atoms. The maximum absolute atomic E-state index is 13.7. The normalized spacial score (nSPS) is 15.3. The highest BCUT2D eigenvalue weighted by atomic mass is 35.5. The fourth-order valence-electron chi connectivity index (χ4n) is 4.74. The summed E-state index contributed by atoms with van der Waals surface area (Å²) >= 11 is 6.53. The van der Waals surface area contributed by atoms with Gasteiger partial charge in [0.25, 0.3) is 5.56 Å². The molecule has 7 heteroatoms. The van der Waals surface area contributed by atoms with E-state index in [4.69, 9.17) is 16.6 Å². The van der Waals surface area contributed by atoms with Gasteiger partial charge >= 0.3 is 6.03 Å². The molecule has 180 valence electrons. The van der Waals surface area contributed by atoms with Crippen LogP contribution in [0, 0.1) is 0 Å². The van der Waals surface area contributed by atoms with E-state index in [-0.39, 0.29) is 17.6 Å². The highest BCUT2D eigenvalue weighted by Gasteiger charge is 2.28. The number of fused-ring (bicyclic) bond motifs is 1. The molecule has 1 aromatic heterocycles. The van der Waals surface area contributed by atoms with Gasteiger partial charge in [0.05, 0.1) is 27.7 Å². The Morgan fingerprint density at radius 1 is 1.15 bits per heavy atom. The van der Waals surface area contributed by atoms with Crippen molar-refractivity contribution in [2.75, 3.05) is 6.54 Å². The zero-order chi connectivity index (χ0) is 24.1. The molecule has 6 nitrogen and oxygen atoms in total. The molecule has 1 unspecified atom stereocenters. The Balaban J connectivity index is 1.80. The first-order chi connectivity index (χ1) is 16.5. The molecule has 1 heterocycles. The Morgan fingerprint density at radius 2 is 1.85 bits per heavy atom. The molecule has 1 N–H and O–H groups in total. The number of rotatable bonds is 7. The highest BCUT2D eigenvalue weighted by Crippen LogP contribution is 2.27. The summed E-state index contributed by atoms with van der Waals surface area (Å²) in [6.45, 7) is 4.64. The minimum atomic E-state index is -0.427. The summed E-state index contributed by atoms with van der Waals surface area (Å²) in [6.07, 6.45) is 7.38. The number of carbonyl (C=O) groups excluding carboxylic acids is 1. The summed E-state index contributed by atoms with van der Waals surface area (Å²) in [6, 6.07) is 14.2.